The Bertz CT molecular complexity index is 633. The van der Waals surface area contributed by atoms with Gasteiger partial charge in [0.25, 0.3) is 0 Å². The Balaban J connectivity index is 1.80. The van der Waals surface area contributed by atoms with Gasteiger partial charge in [0.15, 0.2) is 0 Å². The molecule has 1 fully saturated rings. The summed E-state index contributed by atoms with van der Waals surface area (Å²) in [5.41, 5.74) is 3.22. The maximum atomic E-state index is 10.2. The quantitative estimate of drug-likeness (QED) is 0.947. The van der Waals surface area contributed by atoms with Crippen LogP contribution >= 0.6 is 0 Å². The van der Waals surface area contributed by atoms with Crippen molar-refractivity contribution in [2.24, 2.45) is 7.05 Å². The topological polar surface area (TPSA) is 41.3 Å². The van der Waals surface area contributed by atoms with Gasteiger partial charge in [-0.15, -0.1) is 0 Å². The highest BCUT2D eigenvalue weighted by atomic mass is 16.3. The number of hydrogen-bond acceptors (Lipinski definition) is 3. The highest BCUT2D eigenvalue weighted by molar-refractivity contribution is 5.63. The highest BCUT2D eigenvalue weighted by Gasteiger charge is 2.25. The van der Waals surface area contributed by atoms with E-state index in [0.29, 0.717) is 0 Å². The molecule has 0 amide bonds. The maximum absolute atomic E-state index is 10.2. The van der Waals surface area contributed by atoms with Crippen molar-refractivity contribution >= 4 is 0 Å². The SMILES string of the molecule is Cn1nccc1-c1ccccc1CN1CCCC(C)(O)CC1. The van der Waals surface area contributed by atoms with E-state index in [1.54, 1.807) is 0 Å². The normalized spacial score (nSPS) is 23.4. The fourth-order valence-corrected chi connectivity index (χ4v) is 3.26. The zero-order valence-corrected chi connectivity index (χ0v) is 13.5. The van der Waals surface area contributed by atoms with Gasteiger partial charge in [0.05, 0.1) is 11.3 Å². The third-order valence-corrected chi connectivity index (χ3v) is 4.66. The van der Waals surface area contributed by atoms with Gasteiger partial charge in [-0.3, -0.25) is 9.58 Å². The largest absolute Gasteiger partial charge is 0.390 e. The van der Waals surface area contributed by atoms with Crippen molar-refractivity contribution in [1.29, 1.82) is 0 Å². The van der Waals surface area contributed by atoms with Crippen molar-refractivity contribution in [3.8, 4) is 11.3 Å². The van der Waals surface area contributed by atoms with E-state index >= 15 is 0 Å². The molecule has 22 heavy (non-hydrogen) atoms. The number of nitrogens with zero attached hydrogens (tertiary/aromatic N) is 3. The van der Waals surface area contributed by atoms with E-state index in [1.165, 1.54) is 11.1 Å². The molecule has 118 valence electrons. The second-order valence-corrected chi connectivity index (χ2v) is 6.62. The third kappa shape index (κ3) is 3.39. The van der Waals surface area contributed by atoms with E-state index in [-0.39, 0.29) is 0 Å². The molecule has 0 saturated carbocycles. The van der Waals surface area contributed by atoms with Crippen molar-refractivity contribution in [3.05, 3.63) is 42.1 Å². The van der Waals surface area contributed by atoms with E-state index in [0.717, 1.165) is 44.6 Å². The van der Waals surface area contributed by atoms with Crippen molar-refractivity contribution in [2.45, 2.75) is 38.3 Å². The molecule has 2 aromatic rings. The van der Waals surface area contributed by atoms with Crippen LogP contribution in [0.4, 0.5) is 0 Å². The number of aryl methyl sites for hydroxylation is 1. The number of rotatable bonds is 3. The Kier molecular flexibility index (Phi) is 4.32. The minimum absolute atomic E-state index is 0.504. The number of likely N-dealkylation sites (tertiary alicyclic amines) is 1. The van der Waals surface area contributed by atoms with Crippen LogP contribution in [0.15, 0.2) is 36.5 Å². The summed E-state index contributed by atoms with van der Waals surface area (Å²) in [6.07, 6.45) is 4.64. The van der Waals surface area contributed by atoms with Crippen LogP contribution in [0.1, 0.15) is 31.7 Å². The first kappa shape index (κ1) is 15.3. The molecule has 4 heteroatoms. The molecule has 4 nitrogen and oxygen atoms in total. The minimum atomic E-state index is -0.504. The van der Waals surface area contributed by atoms with Crippen molar-refractivity contribution in [3.63, 3.8) is 0 Å². The number of aromatic nitrogens is 2. The average Bonchev–Trinajstić information content (AvgIpc) is 2.83. The van der Waals surface area contributed by atoms with Crippen LogP contribution in [0.25, 0.3) is 11.3 Å². The van der Waals surface area contributed by atoms with Crippen molar-refractivity contribution < 1.29 is 5.11 Å². The molecule has 1 aromatic carbocycles. The lowest BCUT2D eigenvalue weighted by atomic mass is 9.98. The van der Waals surface area contributed by atoms with Gasteiger partial charge < -0.3 is 5.11 Å². The Morgan fingerprint density at radius 3 is 2.77 bits per heavy atom. The molecule has 1 aliphatic rings. The van der Waals surface area contributed by atoms with E-state index < -0.39 is 5.60 Å². The molecule has 0 radical (unpaired) electrons. The first-order valence-electron chi connectivity index (χ1n) is 8.06. The molecule has 2 heterocycles. The third-order valence-electron chi connectivity index (χ3n) is 4.66. The van der Waals surface area contributed by atoms with Gasteiger partial charge in [-0.25, -0.2) is 0 Å². The summed E-state index contributed by atoms with van der Waals surface area (Å²) in [4.78, 5) is 2.46. The molecule has 0 bridgehead atoms. The van der Waals surface area contributed by atoms with Gasteiger partial charge in [0.2, 0.25) is 0 Å². The molecule has 1 atom stereocenters. The van der Waals surface area contributed by atoms with Crippen molar-refractivity contribution in [2.75, 3.05) is 13.1 Å². The molecule has 0 aliphatic carbocycles. The average molecular weight is 299 g/mol. The summed E-state index contributed by atoms with van der Waals surface area (Å²) < 4.78 is 1.92. The fourth-order valence-electron chi connectivity index (χ4n) is 3.26. The predicted octanol–water partition coefficient (Wildman–Crippen LogP) is 2.82. The summed E-state index contributed by atoms with van der Waals surface area (Å²) in [6, 6.07) is 10.6. The van der Waals surface area contributed by atoms with Gasteiger partial charge in [-0.05, 0) is 44.4 Å². The maximum Gasteiger partial charge on any atom is 0.0682 e. The summed E-state index contributed by atoms with van der Waals surface area (Å²) in [5, 5.41) is 14.5. The lowest BCUT2D eigenvalue weighted by Gasteiger charge is -2.23. The monoisotopic (exact) mass is 299 g/mol. The van der Waals surface area contributed by atoms with E-state index in [9.17, 15) is 5.11 Å². The lowest BCUT2D eigenvalue weighted by Crippen LogP contribution is -2.28. The number of hydrogen-bond donors (Lipinski definition) is 1. The molecule has 0 spiro atoms. The van der Waals surface area contributed by atoms with Crippen LogP contribution in [0.2, 0.25) is 0 Å². The smallest absolute Gasteiger partial charge is 0.0682 e. The fraction of sp³-hybridized carbons (Fsp3) is 0.500. The van der Waals surface area contributed by atoms with Crippen molar-refractivity contribution in [1.82, 2.24) is 14.7 Å². The lowest BCUT2D eigenvalue weighted by molar-refractivity contribution is 0.0444. The zero-order chi connectivity index (χ0) is 15.6. The van der Waals surface area contributed by atoms with Crippen LogP contribution < -0.4 is 0 Å². The molecular weight excluding hydrogens is 274 g/mol. The predicted molar refractivity (Wildman–Crippen MR) is 88.4 cm³/mol. The number of benzene rings is 1. The van der Waals surface area contributed by atoms with Crippen LogP contribution in [0.3, 0.4) is 0 Å². The van der Waals surface area contributed by atoms with Gasteiger partial charge in [0, 0.05) is 31.9 Å². The molecule has 1 aliphatic heterocycles. The molecule has 1 aromatic heterocycles. The Labute approximate surface area is 132 Å². The van der Waals surface area contributed by atoms with Gasteiger partial charge in [0.1, 0.15) is 0 Å². The van der Waals surface area contributed by atoms with Gasteiger partial charge in [-0.1, -0.05) is 24.3 Å². The highest BCUT2D eigenvalue weighted by Crippen LogP contribution is 2.26. The number of aliphatic hydroxyl groups is 1. The molecule has 1 saturated heterocycles. The minimum Gasteiger partial charge on any atom is -0.390 e. The van der Waals surface area contributed by atoms with E-state index in [2.05, 4.69) is 40.3 Å². The second-order valence-electron chi connectivity index (χ2n) is 6.62. The molecular formula is C18H25N3O. The molecule has 1 unspecified atom stereocenters. The van der Waals surface area contributed by atoms with E-state index in [1.807, 2.05) is 24.9 Å². The van der Waals surface area contributed by atoms with Gasteiger partial charge >= 0.3 is 0 Å². The summed E-state index contributed by atoms with van der Waals surface area (Å²) in [5.74, 6) is 0. The van der Waals surface area contributed by atoms with Gasteiger partial charge in [-0.2, -0.15) is 5.10 Å². The summed E-state index contributed by atoms with van der Waals surface area (Å²) in [6.45, 7) is 4.89. The summed E-state index contributed by atoms with van der Waals surface area (Å²) >= 11 is 0. The Hall–Kier alpha value is -1.65. The van der Waals surface area contributed by atoms with E-state index in [4.69, 9.17) is 0 Å². The summed E-state index contributed by atoms with van der Waals surface area (Å²) in [7, 11) is 1.98. The zero-order valence-electron chi connectivity index (χ0n) is 13.5. The van der Waals surface area contributed by atoms with Crippen LogP contribution in [-0.4, -0.2) is 38.5 Å². The second kappa shape index (κ2) is 6.23. The van der Waals surface area contributed by atoms with Crippen LogP contribution in [0.5, 0.6) is 0 Å². The first-order valence-corrected chi connectivity index (χ1v) is 8.06. The Morgan fingerprint density at radius 2 is 2.00 bits per heavy atom. The standard InChI is InChI=1S/C18H25N3O/c1-18(22)9-5-12-21(13-10-18)14-15-6-3-4-7-16(15)17-8-11-19-20(17)2/h3-4,6-8,11,22H,5,9-10,12-14H2,1-2H3. The first-order chi connectivity index (χ1) is 10.6. The Morgan fingerprint density at radius 1 is 1.18 bits per heavy atom. The molecule has 1 N–H and O–H groups in total. The van der Waals surface area contributed by atoms with Crippen LogP contribution in [0, 0.1) is 0 Å². The van der Waals surface area contributed by atoms with Crippen LogP contribution in [-0.2, 0) is 13.6 Å². The molecule has 3 rings (SSSR count).